The molecule has 7 heteroatoms. The highest BCUT2D eigenvalue weighted by molar-refractivity contribution is 5.79. The molecule has 7 nitrogen and oxygen atoms in total. The zero-order valence-corrected chi connectivity index (χ0v) is 23.2. The molecule has 3 atom stereocenters. The molecule has 0 radical (unpaired) electrons. The number of nitrogens with two attached hydrogens (primary N) is 1. The van der Waals surface area contributed by atoms with E-state index in [9.17, 15) is 9.90 Å². The molecule has 3 aliphatic rings. The van der Waals surface area contributed by atoms with Gasteiger partial charge in [-0.1, -0.05) is 49.6 Å². The number of nitrogen functional groups attached to an aromatic ring is 1. The van der Waals surface area contributed by atoms with Gasteiger partial charge in [0, 0.05) is 50.4 Å². The number of imidazole rings is 1. The second-order valence-electron chi connectivity index (χ2n) is 12.2. The normalized spacial score (nSPS) is 24.8. The van der Waals surface area contributed by atoms with Crippen molar-refractivity contribution in [2.24, 2.45) is 11.8 Å². The van der Waals surface area contributed by atoms with Crippen molar-refractivity contribution >= 4 is 22.7 Å². The molecule has 2 unspecified atom stereocenters. The Hall–Kier alpha value is -2.90. The fourth-order valence-corrected chi connectivity index (χ4v) is 7.89. The van der Waals surface area contributed by atoms with Crippen molar-refractivity contribution in [1.29, 1.82) is 0 Å². The molecular weight excluding hydrogens is 486 g/mol. The summed E-state index contributed by atoms with van der Waals surface area (Å²) in [6, 6.07) is 17.0. The lowest BCUT2D eigenvalue weighted by atomic mass is 9.83. The quantitative estimate of drug-likeness (QED) is 0.403. The largest absolute Gasteiger partial charge is 0.480 e. The third-order valence-electron chi connectivity index (χ3n) is 9.74. The summed E-state index contributed by atoms with van der Waals surface area (Å²) in [4.78, 5) is 22.3. The number of piperidine rings is 1. The Kier molecular flexibility index (Phi) is 7.63. The molecule has 0 bridgehead atoms. The molecule has 1 aromatic heterocycles. The Bertz CT molecular complexity index is 1280. The minimum atomic E-state index is -0.625. The van der Waals surface area contributed by atoms with E-state index in [2.05, 4.69) is 57.7 Å². The van der Waals surface area contributed by atoms with E-state index in [0.717, 1.165) is 75.4 Å². The summed E-state index contributed by atoms with van der Waals surface area (Å²) >= 11 is 0. The maximum Gasteiger partial charge on any atom is 0.321 e. The average Bonchev–Trinajstić information content (AvgIpc) is 3.49. The number of aliphatic carboxylic acids is 1. The van der Waals surface area contributed by atoms with E-state index in [-0.39, 0.29) is 12.0 Å². The number of aromatic nitrogens is 2. The Balaban J connectivity index is 1.16. The van der Waals surface area contributed by atoms with Gasteiger partial charge in [0.05, 0.1) is 11.0 Å². The van der Waals surface area contributed by atoms with Gasteiger partial charge in [-0.25, -0.2) is 4.98 Å². The Morgan fingerprint density at radius 1 is 1.03 bits per heavy atom. The molecule has 39 heavy (non-hydrogen) atoms. The number of likely N-dealkylation sites (tertiary alicyclic amines) is 2. The molecule has 1 aliphatic carbocycles. The van der Waals surface area contributed by atoms with Gasteiger partial charge in [0.2, 0.25) is 0 Å². The third kappa shape index (κ3) is 5.44. The number of hydrogen-bond acceptors (Lipinski definition) is 5. The van der Waals surface area contributed by atoms with Crippen LogP contribution in [0, 0.1) is 18.8 Å². The average molecular weight is 530 g/mol. The topological polar surface area (TPSA) is 87.6 Å². The van der Waals surface area contributed by atoms with Crippen LogP contribution in [0.15, 0.2) is 48.5 Å². The summed E-state index contributed by atoms with van der Waals surface area (Å²) in [5, 5.41) is 10.3. The maximum atomic E-state index is 12.5. The second kappa shape index (κ2) is 11.3. The van der Waals surface area contributed by atoms with Crippen molar-refractivity contribution in [2.45, 2.75) is 69.9 Å². The summed E-state index contributed by atoms with van der Waals surface area (Å²) in [6.07, 6.45) is 7.89. The Morgan fingerprint density at radius 3 is 2.49 bits per heavy atom. The number of carbonyl (C=O) groups is 1. The van der Waals surface area contributed by atoms with Crippen LogP contribution in [0.25, 0.3) is 11.0 Å². The molecule has 2 aliphatic heterocycles. The number of hydrogen-bond donors (Lipinski definition) is 2. The van der Waals surface area contributed by atoms with Gasteiger partial charge in [-0.3, -0.25) is 9.69 Å². The van der Waals surface area contributed by atoms with Crippen LogP contribution in [-0.2, 0) is 4.79 Å². The van der Waals surface area contributed by atoms with Crippen LogP contribution in [0.5, 0.6) is 0 Å². The van der Waals surface area contributed by atoms with Gasteiger partial charge in [0.1, 0.15) is 11.9 Å². The minimum Gasteiger partial charge on any atom is -0.480 e. The van der Waals surface area contributed by atoms with E-state index in [4.69, 9.17) is 10.7 Å². The number of carboxylic acid groups (broad SMARTS) is 1. The number of nitrogens with zero attached hydrogens (tertiary/aromatic N) is 4. The molecule has 208 valence electrons. The van der Waals surface area contributed by atoms with Crippen LogP contribution < -0.4 is 5.73 Å². The highest BCUT2D eigenvalue weighted by Gasteiger charge is 2.43. The lowest BCUT2D eigenvalue weighted by Gasteiger charge is -2.36. The molecule has 2 saturated heterocycles. The van der Waals surface area contributed by atoms with E-state index in [1.165, 1.54) is 30.3 Å². The van der Waals surface area contributed by atoms with Crippen LogP contribution in [0.1, 0.15) is 68.3 Å². The predicted octanol–water partition coefficient (Wildman–Crippen LogP) is 5.31. The van der Waals surface area contributed by atoms with Gasteiger partial charge < -0.3 is 20.3 Å². The first-order valence-electron chi connectivity index (χ1n) is 15.0. The van der Waals surface area contributed by atoms with Gasteiger partial charge in [-0.05, 0) is 68.2 Å². The monoisotopic (exact) mass is 529 g/mol. The van der Waals surface area contributed by atoms with Gasteiger partial charge >= 0.3 is 5.97 Å². The lowest BCUT2D eigenvalue weighted by molar-refractivity contribution is -0.145. The van der Waals surface area contributed by atoms with Crippen molar-refractivity contribution in [1.82, 2.24) is 19.4 Å². The van der Waals surface area contributed by atoms with Gasteiger partial charge in [0.25, 0.3) is 0 Å². The van der Waals surface area contributed by atoms with Crippen LogP contribution in [0.3, 0.4) is 0 Å². The molecular formula is C32H43N5O2. The third-order valence-corrected chi connectivity index (χ3v) is 9.74. The molecule has 3 N–H and O–H groups in total. The molecule has 3 aromatic rings. The number of benzene rings is 2. The highest BCUT2D eigenvalue weighted by atomic mass is 16.4. The molecule has 3 heterocycles. The van der Waals surface area contributed by atoms with Crippen LogP contribution in [-0.4, -0.2) is 69.2 Å². The van der Waals surface area contributed by atoms with E-state index in [0.29, 0.717) is 17.9 Å². The van der Waals surface area contributed by atoms with Crippen molar-refractivity contribution in [3.8, 4) is 0 Å². The Labute approximate surface area is 232 Å². The predicted molar refractivity (Wildman–Crippen MR) is 156 cm³/mol. The number of carboxylic acids is 1. The lowest BCUT2D eigenvalue weighted by Crippen LogP contribution is -2.46. The van der Waals surface area contributed by atoms with E-state index in [1.54, 1.807) is 0 Å². The second-order valence-corrected chi connectivity index (χ2v) is 12.2. The first-order chi connectivity index (χ1) is 19.0. The number of rotatable bonds is 7. The molecule has 0 amide bonds. The maximum absolute atomic E-state index is 12.5. The summed E-state index contributed by atoms with van der Waals surface area (Å²) < 4.78 is 2.41. The molecule has 2 aromatic carbocycles. The minimum absolute atomic E-state index is 0.283. The van der Waals surface area contributed by atoms with Gasteiger partial charge in [0.15, 0.2) is 0 Å². The fourth-order valence-electron chi connectivity index (χ4n) is 7.89. The van der Waals surface area contributed by atoms with Gasteiger partial charge in [-0.2, -0.15) is 0 Å². The molecule has 0 spiro atoms. The SMILES string of the molecule is Cc1nc2cc(N)ccc2n1C1CCN(CC2CN(C(C(=O)O)C3CCCCC3)C[C@@H]2c2ccccc2)CC1. The summed E-state index contributed by atoms with van der Waals surface area (Å²) in [7, 11) is 0. The standard InChI is InChI=1S/C32H43N5O2/c1-22-34-29-18-26(33)12-13-30(29)37(22)27-14-16-35(17-15-27)19-25-20-36(21-28(25)23-8-4-2-5-9-23)31(32(38)39)24-10-6-3-7-11-24/h2,4-5,8-9,12-13,18,24-25,27-28,31H,3,6-7,10-11,14-17,19-21,33H2,1H3,(H,38,39)/t25?,28-,31?/m1/s1. The Morgan fingerprint density at radius 2 is 1.77 bits per heavy atom. The van der Waals surface area contributed by atoms with Crippen LogP contribution >= 0.6 is 0 Å². The number of aryl methyl sites for hydroxylation is 1. The smallest absolute Gasteiger partial charge is 0.321 e. The first kappa shape index (κ1) is 26.3. The van der Waals surface area contributed by atoms with E-state index >= 15 is 0 Å². The summed E-state index contributed by atoms with van der Waals surface area (Å²) in [6.45, 7) is 6.97. The van der Waals surface area contributed by atoms with Crippen molar-refractivity contribution in [2.75, 3.05) is 38.5 Å². The van der Waals surface area contributed by atoms with E-state index < -0.39 is 5.97 Å². The highest BCUT2D eigenvalue weighted by Crippen LogP contribution is 2.39. The molecule has 3 fully saturated rings. The number of anilines is 1. The van der Waals surface area contributed by atoms with Crippen LogP contribution in [0.4, 0.5) is 5.69 Å². The first-order valence-corrected chi connectivity index (χ1v) is 15.0. The molecule has 6 rings (SSSR count). The van der Waals surface area contributed by atoms with E-state index in [1.807, 2.05) is 12.1 Å². The van der Waals surface area contributed by atoms with Crippen molar-refractivity contribution in [3.05, 3.63) is 59.9 Å². The summed E-state index contributed by atoms with van der Waals surface area (Å²) in [5.74, 6) is 1.53. The zero-order chi connectivity index (χ0) is 26.9. The zero-order valence-electron chi connectivity index (χ0n) is 23.2. The van der Waals surface area contributed by atoms with Gasteiger partial charge in [-0.15, -0.1) is 0 Å². The summed E-state index contributed by atoms with van der Waals surface area (Å²) in [5.41, 5.74) is 10.3. The molecule has 1 saturated carbocycles. The number of fused-ring (bicyclic) bond motifs is 1. The van der Waals surface area contributed by atoms with Crippen molar-refractivity contribution < 1.29 is 9.90 Å². The van der Waals surface area contributed by atoms with Crippen LogP contribution in [0.2, 0.25) is 0 Å². The van der Waals surface area contributed by atoms with Crippen molar-refractivity contribution in [3.63, 3.8) is 0 Å². The fraction of sp³-hybridized carbons (Fsp3) is 0.562.